The van der Waals surface area contributed by atoms with Gasteiger partial charge in [-0.1, -0.05) is 40.7 Å². The highest BCUT2D eigenvalue weighted by molar-refractivity contribution is 5.52. The zero-order valence-corrected chi connectivity index (χ0v) is 15.8. The zero-order valence-electron chi connectivity index (χ0n) is 15.8. The van der Waals surface area contributed by atoms with Crippen molar-refractivity contribution in [2.24, 2.45) is 0 Å². The molecular weight excluding hydrogens is 268 g/mol. The van der Waals surface area contributed by atoms with Gasteiger partial charge < -0.3 is 10.6 Å². The third kappa shape index (κ3) is 4.25. The van der Waals surface area contributed by atoms with Crippen molar-refractivity contribution in [1.82, 2.24) is 5.32 Å². The Balaban J connectivity index is 3.20. The molecule has 0 radical (unpaired) electrons. The summed E-state index contributed by atoms with van der Waals surface area (Å²) >= 11 is 0. The molecule has 0 aliphatic rings. The van der Waals surface area contributed by atoms with E-state index in [4.69, 9.17) is 0 Å². The van der Waals surface area contributed by atoms with Crippen LogP contribution in [0.5, 0.6) is 0 Å². The average molecular weight is 305 g/mol. The van der Waals surface area contributed by atoms with Gasteiger partial charge in [-0.2, -0.15) is 0 Å². The van der Waals surface area contributed by atoms with E-state index in [2.05, 4.69) is 70.4 Å². The van der Waals surface area contributed by atoms with Crippen LogP contribution in [0.4, 0.5) is 5.69 Å². The molecule has 0 saturated heterocycles. The number of nitrogens with one attached hydrogen (secondary N) is 2. The minimum absolute atomic E-state index is 0.178. The first kappa shape index (κ1) is 19.0. The van der Waals surface area contributed by atoms with Crippen LogP contribution in [-0.2, 0) is 12.0 Å². The lowest BCUT2D eigenvalue weighted by molar-refractivity contribution is 0.434. The van der Waals surface area contributed by atoms with E-state index in [1.165, 1.54) is 29.7 Å². The lowest BCUT2D eigenvalue weighted by atomic mass is 9.75. The molecule has 1 rings (SSSR count). The van der Waals surface area contributed by atoms with Gasteiger partial charge >= 0.3 is 0 Å². The van der Waals surface area contributed by atoms with E-state index in [9.17, 15) is 0 Å². The van der Waals surface area contributed by atoms with Gasteiger partial charge in [0.15, 0.2) is 0 Å². The summed E-state index contributed by atoms with van der Waals surface area (Å²) in [5, 5.41) is 7.08. The maximum Gasteiger partial charge on any atom is 0.0347 e. The van der Waals surface area contributed by atoms with E-state index in [1.54, 1.807) is 0 Å². The second kappa shape index (κ2) is 8.01. The van der Waals surface area contributed by atoms with Gasteiger partial charge in [0.2, 0.25) is 0 Å². The lowest BCUT2D eigenvalue weighted by Crippen LogP contribution is -2.33. The third-order valence-electron chi connectivity index (χ3n) is 5.69. The first-order valence-corrected chi connectivity index (χ1v) is 8.94. The maximum absolute atomic E-state index is 3.74. The van der Waals surface area contributed by atoms with Gasteiger partial charge in [-0.25, -0.2) is 0 Å². The van der Waals surface area contributed by atoms with Crippen LogP contribution >= 0.6 is 0 Å². The standard InChI is InChI=1S/C20H36N2/c1-8-19(5,9-2)18-13-12-17(14-16(18)15-21-7)22-20(6,10-3)11-4/h12-14,21-22H,8-11,15H2,1-7H3. The molecule has 2 nitrogen and oxygen atoms in total. The van der Waals surface area contributed by atoms with Gasteiger partial charge in [0.25, 0.3) is 0 Å². The Bertz CT molecular complexity index is 457. The summed E-state index contributed by atoms with van der Waals surface area (Å²) in [7, 11) is 2.03. The normalized spacial score (nSPS) is 12.5. The van der Waals surface area contributed by atoms with Crippen LogP contribution < -0.4 is 10.6 Å². The Kier molecular flexibility index (Phi) is 6.93. The number of hydrogen-bond acceptors (Lipinski definition) is 2. The second-order valence-corrected chi connectivity index (χ2v) is 7.06. The van der Waals surface area contributed by atoms with Crippen LogP contribution in [0.25, 0.3) is 0 Å². The molecule has 0 aliphatic carbocycles. The highest BCUT2D eigenvalue weighted by Crippen LogP contribution is 2.35. The Labute approximate surface area is 138 Å². The van der Waals surface area contributed by atoms with Crippen LogP contribution in [0.3, 0.4) is 0 Å². The molecule has 0 spiro atoms. The quantitative estimate of drug-likeness (QED) is 0.631. The molecule has 0 saturated carbocycles. The molecule has 0 aromatic heterocycles. The predicted octanol–water partition coefficient (Wildman–Crippen LogP) is 5.47. The van der Waals surface area contributed by atoms with E-state index < -0.39 is 0 Å². The first-order valence-electron chi connectivity index (χ1n) is 8.94. The molecule has 0 fully saturated rings. The van der Waals surface area contributed by atoms with Gasteiger partial charge in [0.1, 0.15) is 0 Å². The molecule has 2 heteroatoms. The van der Waals surface area contributed by atoms with Crippen molar-refractivity contribution < 1.29 is 0 Å². The maximum atomic E-state index is 3.74. The molecule has 1 aromatic carbocycles. The van der Waals surface area contributed by atoms with E-state index in [0.717, 1.165) is 19.4 Å². The Morgan fingerprint density at radius 2 is 1.50 bits per heavy atom. The van der Waals surface area contributed by atoms with Crippen molar-refractivity contribution in [3.05, 3.63) is 29.3 Å². The molecule has 0 unspecified atom stereocenters. The smallest absolute Gasteiger partial charge is 0.0347 e. The van der Waals surface area contributed by atoms with Gasteiger partial charge in [0.05, 0.1) is 0 Å². The number of anilines is 1. The summed E-state index contributed by atoms with van der Waals surface area (Å²) in [6, 6.07) is 6.95. The fraction of sp³-hybridized carbons (Fsp3) is 0.700. The molecule has 1 aromatic rings. The molecule has 0 atom stereocenters. The minimum Gasteiger partial charge on any atom is -0.380 e. The molecule has 126 valence electrons. The van der Waals surface area contributed by atoms with E-state index >= 15 is 0 Å². The van der Waals surface area contributed by atoms with Crippen LogP contribution in [0.15, 0.2) is 18.2 Å². The van der Waals surface area contributed by atoms with Crippen LogP contribution in [0.2, 0.25) is 0 Å². The van der Waals surface area contributed by atoms with Gasteiger partial charge in [-0.15, -0.1) is 0 Å². The molecule has 22 heavy (non-hydrogen) atoms. The Morgan fingerprint density at radius 3 is 1.95 bits per heavy atom. The summed E-state index contributed by atoms with van der Waals surface area (Å²) in [4.78, 5) is 0. The fourth-order valence-electron chi connectivity index (χ4n) is 3.00. The minimum atomic E-state index is 0.178. The largest absolute Gasteiger partial charge is 0.380 e. The van der Waals surface area contributed by atoms with E-state index in [1.807, 2.05) is 7.05 Å². The fourth-order valence-corrected chi connectivity index (χ4v) is 3.00. The van der Waals surface area contributed by atoms with Crippen molar-refractivity contribution in [3.63, 3.8) is 0 Å². The summed E-state index contributed by atoms with van der Waals surface area (Å²) in [5.74, 6) is 0. The Morgan fingerprint density at radius 1 is 0.909 bits per heavy atom. The topological polar surface area (TPSA) is 24.1 Å². The summed E-state index contributed by atoms with van der Waals surface area (Å²) in [6.07, 6.45) is 4.62. The SMILES string of the molecule is CCC(C)(CC)Nc1ccc(C(C)(CC)CC)c(CNC)c1. The number of rotatable bonds is 9. The lowest BCUT2D eigenvalue weighted by Gasteiger charge is -2.33. The van der Waals surface area contributed by atoms with Gasteiger partial charge in [-0.05, 0) is 68.3 Å². The predicted molar refractivity (Wildman–Crippen MR) is 99.7 cm³/mol. The zero-order chi connectivity index (χ0) is 16.8. The van der Waals surface area contributed by atoms with E-state index in [-0.39, 0.29) is 11.0 Å². The number of hydrogen-bond donors (Lipinski definition) is 2. The molecule has 0 amide bonds. The molecule has 2 N–H and O–H groups in total. The second-order valence-electron chi connectivity index (χ2n) is 7.06. The highest BCUT2D eigenvalue weighted by Gasteiger charge is 2.26. The molecule has 0 aliphatic heterocycles. The number of benzene rings is 1. The van der Waals surface area contributed by atoms with Crippen molar-refractivity contribution >= 4 is 5.69 Å². The molecule has 0 heterocycles. The van der Waals surface area contributed by atoms with Crippen LogP contribution in [-0.4, -0.2) is 12.6 Å². The van der Waals surface area contributed by atoms with Gasteiger partial charge in [-0.3, -0.25) is 0 Å². The summed E-state index contributed by atoms with van der Waals surface area (Å²) < 4.78 is 0. The molecular formula is C20H36N2. The van der Waals surface area contributed by atoms with E-state index in [0.29, 0.717) is 0 Å². The first-order chi connectivity index (χ1) is 10.4. The third-order valence-corrected chi connectivity index (χ3v) is 5.69. The van der Waals surface area contributed by atoms with Crippen LogP contribution in [0, 0.1) is 0 Å². The molecule has 0 bridgehead atoms. The van der Waals surface area contributed by atoms with Crippen molar-refractivity contribution in [3.8, 4) is 0 Å². The van der Waals surface area contributed by atoms with Crippen LogP contribution in [0.1, 0.15) is 78.4 Å². The van der Waals surface area contributed by atoms with Gasteiger partial charge in [0, 0.05) is 17.8 Å². The van der Waals surface area contributed by atoms with Crippen molar-refractivity contribution in [2.75, 3.05) is 12.4 Å². The van der Waals surface area contributed by atoms with Crippen molar-refractivity contribution in [1.29, 1.82) is 0 Å². The Hall–Kier alpha value is -1.02. The highest BCUT2D eigenvalue weighted by atomic mass is 15.0. The van der Waals surface area contributed by atoms with Crippen molar-refractivity contribution in [2.45, 2.75) is 84.7 Å². The monoisotopic (exact) mass is 304 g/mol. The summed E-state index contributed by atoms with van der Waals surface area (Å²) in [5.41, 5.74) is 4.61. The average Bonchev–Trinajstić information content (AvgIpc) is 2.54. The summed E-state index contributed by atoms with van der Waals surface area (Å²) in [6.45, 7) is 14.7.